The van der Waals surface area contributed by atoms with E-state index >= 15 is 0 Å². The fraction of sp³-hybridized carbons (Fsp3) is 0.583. The van der Waals surface area contributed by atoms with Crippen LogP contribution in [0.15, 0.2) is 29.3 Å². The number of methoxy groups -OCH3 is 1. The fourth-order valence-corrected chi connectivity index (χ4v) is 4.43. The number of ether oxygens (including phenoxy) is 1. The minimum absolute atomic E-state index is 0. The maximum atomic E-state index is 5.34. The molecule has 2 heterocycles. The molecule has 0 bridgehead atoms. The van der Waals surface area contributed by atoms with Crippen molar-refractivity contribution in [1.29, 1.82) is 0 Å². The zero-order valence-electron chi connectivity index (χ0n) is 20.3. The van der Waals surface area contributed by atoms with E-state index in [4.69, 9.17) is 4.74 Å². The number of aliphatic imine (C=N–C) groups is 1. The lowest BCUT2D eigenvalue weighted by molar-refractivity contribution is 0.245. The van der Waals surface area contributed by atoms with Gasteiger partial charge in [-0.2, -0.15) is 5.10 Å². The van der Waals surface area contributed by atoms with Gasteiger partial charge in [-0.25, -0.2) is 0 Å². The van der Waals surface area contributed by atoms with E-state index in [-0.39, 0.29) is 30.0 Å². The molecule has 0 radical (unpaired) electrons. The van der Waals surface area contributed by atoms with E-state index in [9.17, 15) is 0 Å². The van der Waals surface area contributed by atoms with Crippen molar-refractivity contribution in [2.24, 2.45) is 12.0 Å². The Balaban J connectivity index is 0.00000363. The third-order valence-electron chi connectivity index (χ3n) is 6.32. The quantitative estimate of drug-likeness (QED) is 0.297. The molecule has 2 N–H and O–H groups in total. The van der Waals surface area contributed by atoms with Gasteiger partial charge in [0.15, 0.2) is 5.96 Å². The largest absolute Gasteiger partial charge is 0.497 e. The maximum Gasteiger partial charge on any atom is 0.191 e. The van der Waals surface area contributed by atoms with Gasteiger partial charge in [-0.05, 0) is 76.4 Å². The summed E-state index contributed by atoms with van der Waals surface area (Å²) < 4.78 is 7.29. The van der Waals surface area contributed by atoms with Crippen LogP contribution in [0, 0.1) is 13.8 Å². The summed E-state index contributed by atoms with van der Waals surface area (Å²) in [7, 11) is 5.54. The predicted octanol–water partition coefficient (Wildman–Crippen LogP) is 3.60. The molecule has 1 aromatic carbocycles. The summed E-state index contributed by atoms with van der Waals surface area (Å²) >= 11 is 0. The van der Waals surface area contributed by atoms with Gasteiger partial charge in [0.05, 0.1) is 18.8 Å². The van der Waals surface area contributed by atoms with Gasteiger partial charge >= 0.3 is 0 Å². The summed E-state index contributed by atoms with van der Waals surface area (Å²) in [6.45, 7) is 9.49. The van der Waals surface area contributed by atoms with Crippen LogP contribution in [0.25, 0.3) is 0 Å². The number of hydrogen-bond acceptors (Lipinski definition) is 4. The summed E-state index contributed by atoms with van der Waals surface area (Å²) in [5.41, 5.74) is 4.94. The van der Waals surface area contributed by atoms with Crippen molar-refractivity contribution >= 4 is 29.9 Å². The Bertz CT molecular complexity index is 873. The van der Waals surface area contributed by atoms with Crippen LogP contribution in [0.4, 0.5) is 0 Å². The average Bonchev–Trinajstić information content (AvgIpc) is 3.38. The molecule has 178 valence electrons. The number of nitrogens with one attached hydrogen (secondary N) is 2. The van der Waals surface area contributed by atoms with Gasteiger partial charge in [0, 0.05) is 32.4 Å². The van der Waals surface area contributed by atoms with E-state index in [0.29, 0.717) is 6.04 Å². The molecule has 1 aliphatic rings. The highest BCUT2D eigenvalue weighted by molar-refractivity contribution is 14.0. The van der Waals surface area contributed by atoms with Crippen molar-refractivity contribution in [3.63, 3.8) is 0 Å². The molecule has 2 atom stereocenters. The number of halogens is 1. The lowest BCUT2D eigenvalue weighted by Crippen LogP contribution is -2.46. The van der Waals surface area contributed by atoms with Crippen LogP contribution in [0.2, 0.25) is 0 Å². The van der Waals surface area contributed by atoms with Gasteiger partial charge < -0.3 is 15.4 Å². The topological polar surface area (TPSA) is 66.7 Å². The SMILES string of the molecule is CN=C(NCC(c1ccc(OC)cc1)N1CCCC1)NC(C)Cc1c(C)nn(C)c1C.I. The lowest BCUT2D eigenvalue weighted by Gasteiger charge is -2.29. The smallest absolute Gasteiger partial charge is 0.191 e. The molecule has 32 heavy (non-hydrogen) atoms. The van der Waals surface area contributed by atoms with Crippen molar-refractivity contribution in [2.45, 2.75) is 52.1 Å². The third kappa shape index (κ3) is 6.60. The Morgan fingerprint density at radius 1 is 1.19 bits per heavy atom. The molecule has 0 aliphatic carbocycles. The van der Waals surface area contributed by atoms with Crippen LogP contribution in [0.1, 0.15) is 48.3 Å². The van der Waals surface area contributed by atoms with Crippen molar-refractivity contribution in [3.8, 4) is 5.75 Å². The fourth-order valence-electron chi connectivity index (χ4n) is 4.43. The average molecular weight is 555 g/mol. The molecule has 3 rings (SSSR count). The normalized spacial score (nSPS) is 16.4. The van der Waals surface area contributed by atoms with Crippen LogP contribution in [0.5, 0.6) is 5.75 Å². The summed E-state index contributed by atoms with van der Waals surface area (Å²) in [5, 5.41) is 11.7. The molecule has 0 spiro atoms. The molecule has 1 saturated heterocycles. The van der Waals surface area contributed by atoms with Crippen molar-refractivity contribution in [2.75, 3.05) is 33.8 Å². The Hall–Kier alpha value is -1.81. The molecule has 0 saturated carbocycles. The van der Waals surface area contributed by atoms with Gasteiger partial charge in [-0.15, -0.1) is 24.0 Å². The van der Waals surface area contributed by atoms with Crippen LogP contribution in [-0.4, -0.2) is 60.5 Å². The first kappa shape index (κ1) is 26.4. The van der Waals surface area contributed by atoms with E-state index in [1.165, 1.54) is 29.7 Å². The number of aryl methyl sites for hydroxylation is 2. The number of nitrogens with zero attached hydrogens (tertiary/aromatic N) is 4. The molecule has 1 aromatic heterocycles. The number of benzene rings is 1. The second-order valence-electron chi connectivity index (χ2n) is 8.51. The van der Waals surface area contributed by atoms with Gasteiger partial charge in [0.25, 0.3) is 0 Å². The second kappa shape index (κ2) is 12.4. The molecule has 8 heteroatoms. The standard InChI is InChI=1S/C24H38N6O.HI/c1-17(15-22-18(2)28-29(5)19(22)3)27-24(25-4)26-16-23(30-13-7-8-14-30)20-9-11-21(31-6)12-10-20;/h9-12,17,23H,7-8,13-16H2,1-6H3,(H2,25,26,27);1H. The van der Waals surface area contributed by atoms with Crippen molar-refractivity contribution < 1.29 is 4.74 Å². The number of likely N-dealkylation sites (tertiary alicyclic amines) is 1. The first-order chi connectivity index (χ1) is 14.9. The minimum Gasteiger partial charge on any atom is -0.497 e. The van der Waals surface area contributed by atoms with Crippen molar-refractivity contribution in [1.82, 2.24) is 25.3 Å². The number of aromatic nitrogens is 2. The molecule has 1 aliphatic heterocycles. The number of guanidine groups is 1. The van der Waals surface area contributed by atoms with Crippen LogP contribution in [-0.2, 0) is 13.5 Å². The Labute approximate surface area is 210 Å². The van der Waals surface area contributed by atoms with Gasteiger partial charge in [-0.1, -0.05) is 12.1 Å². The highest BCUT2D eigenvalue weighted by Gasteiger charge is 2.24. The summed E-state index contributed by atoms with van der Waals surface area (Å²) in [6, 6.07) is 9.01. The van der Waals surface area contributed by atoms with E-state index in [1.54, 1.807) is 7.11 Å². The first-order valence-corrected chi connectivity index (χ1v) is 11.3. The van der Waals surface area contributed by atoms with E-state index in [0.717, 1.165) is 43.5 Å². The second-order valence-corrected chi connectivity index (χ2v) is 8.51. The Morgan fingerprint density at radius 3 is 2.38 bits per heavy atom. The maximum absolute atomic E-state index is 5.34. The minimum atomic E-state index is 0. The van der Waals surface area contributed by atoms with E-state index in [2.05, 4.69) is 58.5 Å². The van der Waals surface area contributed by atoms with Crippen LogP contribution < -0.4 is 15.4 Å². The highest BCUT2D eigenvalue weighted by Crippen LogP contribution is 2.26. The van der Waals surface area contributed by atoms with Crippen LogP contribution >= 0.6 is 24.0 Å². The van der Waals surface area contributed by atoms with Crippen molar-refractivity contribution in [3.05, 3.63) is 46.8 Å². The van der Waals surface area contributed by atoms with Gasteiger partial charge in [0.2, 0.25) is 0 Å². The monoisotopic (exact) mass is 554 g/mol. The summed E-state index contributed by atoms with van der Waals surface area (Å²) in [6.07, 6.45) is 3.45. The molecule has 0 amide bonds. The zero-order chi connectivity index (χ0) is 22.4. The van der Waals surface area contributed by atoms with Gasteiger partial charge in [-0.3, -0.25) is 14.6 Å². The molecule has 2 unspecified atom stereocenters. The zero-order valence-corrected chi connectivity index (χ0v) is 22.6. The summed E-state index contributed by atoms with van der Waals surface area (Å²) in [4.78, 5) is 7.04. The highest BCUT2D eigenvalue weighted by atomic mass is 127. The molecular formula is C24H39IN6O. The number of hydrogen-bond donors (Lipinski definition) is 2. The molecular weight excluding hydrogens is 515 g/mol. The molecule has 2 aromatic rings. The van der Waals surface area contributed by atoms with E-state index < -0.39 is 0 Å². The molecule has 1 fully saturated rings. The van der Waals surface area contributed by atoms with Gasteiger partial charge in [0.1, 0.15) is 5.75 Å². The lowest BCUT2D eigenvalue weighted by atomic mass is 10.0. The molecule has 7 nitrogen and oxygen atoms in total. The first-order valence-electron chi connectivity index (χ1n) is 11.3. The Morgan fingerprint density at radius 2 is 1.84 bits per heavy atom. The van der Waals surface area contributed by atoms with E-state index in [1.807, 2.05) is 30.9 Å². The number of rotatable bonds is 8. The van der Waals surface area contributed by atoms with Crippen LogP contribution in [0.3, 0.4) is 0 Å². The summed E-state index contributed by atoms with van der Waals surface area (Å²) in [5.74, 6) is 1.73. The Kier molecular flexibility index (Phi) is 10.3. The predicted molar refractivity (Wildman–Crippen MR) is 142 cm³/mol. The third-order valence-corrected chi connectivity index (χ3v) is 6.32.